The van der Waals surface area contributed by atoms with E-state index < -0.39 is 39.2 Å². The lowest BCUT2D eigenvalue weighted by atomic mass is 10.3. The van der Waals surface area contributed by atoms with Crippen molar-refractivity contribution in [2.75, 3.05) is 6.54 Å². The number of carbonyl (C=O) groups excluding carboxylic acids is 4. The highest BCUT2D eigenvalue weighted by Crippen LogP contribution is 2.22. The first-order valence-electron chi connectivity index (χ1n) is 6.61. The van der Waals surface area contributed by atoms with Gasteiger partial charge in [-0.1, -0.05) is 20.4 Å². The molecular formula is C13H21NO7Si. The zero-order valence-corrected chi connectivity index (χ0v) is 14.1. The second kappa shape index (κ2) is 8.98. The van der Waals surface area contributed by atoms with E-state index >= 15 is 0 Å². The highest BCUT2D eigenvalue weighted by atomic mass is 28.4. The number of hydrogen-bond acceptors (Lipinski definition) is 7. The Kier molecular flexibility index (Phi) is 8.10. The fourth-order valence-electron chi connectivity index (χ4n) is 1.57. The van der Waals surface area contributed by atoms with Crippen LogP contribution in [0.4, 0.5) is 0 Å². The normalized spacial score (nSPS) is 10.6. The molecule has 0 atom stereocenters. The average Bonchev–Trinajstić information content (AvgIpc) is 2.32. The molecule has 0 fully saturated rings. The molecule has 0 aliphatic heterocycles. The van der Waals surface area contributed by atoms with Crippen molar-refractivity contribution >= 4 is 32.6 Å². The van der Waals surface area contributed by atoms with Crippen LogP contribution in [0.2, 0.25) is 6.04 Å². The predicted octanol–water partition coefficient (Wildman–Crippen LogP) is 0.553. The first-order valence-corrected chi connectivity index (χ1v) is 8.54. The van der Waals surface area contributed by atoms with Crippen LogP contribution in [0.3, 0.4) is 0 Å². The maximum atomic E-state index is 11.8. The summed E-state index contributed by atoms with van der Waals surface area (Å²) >= 11 is 0. The second-order valence-corrected chi connectivity index (χ2v) is 7.25. The molecule has 0 rings (SSSR count). The highest BCUT2D eigenvalue weighted by Gasteiger charge is 2.52. The van der Waals surface area contributed by atoms with E-state index in [1.54, 1.807) is 13.8 Å². The Morgan fingerprint density at radius 3 is 1.95 bits per heavy atom. The maximum Gasteiger partial charge on any atom is 0.705 e. The molecule has 1 N–H and O–H groups in total. The second-order valence-electron chi connectivity index (χ2n) is 4.86. The number of amides is 1. The van der Waals surface area contributed by atoms with Crippen LogP contribution in [0.15, 0.2) is 12.7 Å². The molecule has 0 saturated heterocycles. The molecule has 22 heavy (non-hydrogen) atoms. The summed E-state index contributed by atoms with van der Waals surface area (Å²) in [5.41, 5.74) is 0. The average molecular weight is 331 g/mol. The van der Waals surface area contributed by atoms with E-state index in [0.717, 1.165) is 19.9 Å². The van der Waals surface area contributed by atoms with Crippen molar-refractivity contribution in [3.05, 3.63) is 12.7 Å². The van der Waals surface area contributed by atoms with Gasteiger partial charge in [-0.25, -0.2) is 0 Å². The molecule has 0 bridgehead atoms. The number of nitrogens with one attached hydrogen (secondary N) is 1. The van der Waals surface area contributed by atoms with Gasteiger partial charge < -0.3 is 18.6 Å². The van der Waals surface area contributed by atoms with Crippen LogP contribution >= 0.6 is 0 Å². The Hall–Kier alpha value is -2.16. The SMILES string of the molecule is C=CC(=O)NCC(=O)O[Si](CC(C)C)(OC(C)=O)OC(C)=O. The molecule has 8 nitrogen and oxygen atoms in total. The van der Waals surface area contributed by atoms with Gasteiger partial charge in [0, 0.05) is 13.8 Å². The Labute approximate surface area is 130 Å². The summed E-state index contributed by atoms with van der Waals surface area (Å²) in [4.78, 5) is 45.3. The molecule has 0 heterocycles. The molecule has 9 heteroatoms. The van der Waals surface area contributed by atoms with Gasteiger partial charge in [0.1, 0.15) is 6.54 Å². The van der Waals surface area contributed by atoms with Crippen LogP contribution in [0.1, 0.15) is 27.7 Å². The van der Waals surface area contributed by atoms with Crippen molar-refractivity contribution in [1.82, 2.24) is 5.32 Å². The van der Waals surface area contributed by atoms with E-state index in [0.29, 0.717) is 0 Å². The van der Waals surface area contributed by atoms with E-state index in [1.165, 1.54) is 0 Å². The van der Waals surface area contributed by atoms with Crippen LogP contribution in [0, 0.1) is 5.92 Å². The largest absolute Gasteiger partial charge is 0.705 e. The molecule has 1 amide bonds. The third kappa shape index (κ3) is 8.20. The molecule has 0 spiro atoms. The summed E-state index contributed by atoms with van der Waals surface area (Å²) in [6.07, 6.45) is 0.990. The maximum absolute atomic E-state index is 11.8. The molecule has 0 radical (unpaired) electrons. The lowest BCUT2D eigenvalue weighted by Crippen LogP contribution is -2.51. The topological polar surface area (TPSA) is 108 Å². The quantitative estimate of drug-likeness (QED) is 0.511. The summed E-state index contributed by atoms with van der Waals surface area (Å²) in [5, 5.41) is 2.22. The van der Waals surface area contributed by atoms with E-state index in [1.807, 2.05) is 0 Å². The number of rotatable bonds is 8. The van der Waals surface area contributed by atoms with Gasteiger partial charge in [0.25, 0.3) is 11.9 Å². The molecule has 0 aromatic rings. The van der Waals surface area contributed by atoms with Crippen molar-refractivity contribution in [2.24, 2.45) is 5.92 Å². The Morgan fingerprint density at radius 1 is 1.09 bits per heavy atom. The van der Waals surface area contributed by atoms with Crippen molar-refractivity contribution in [3.63, 3.8) is 0 Å². The van der Waals surface area contributed by atoms with Gasteiger partial charge in [-0.3, -0.25) is 19.2 Å². The molecule has 0 unspecified atom stereocenters. The molecule has 124 valence electrons. The van der Waals surface area contributed by atoms with Gasteiger partial charge in [-0.05, 0) is 12.0 Å². The van der Waals surface area contributed by atoms with Crippen LogP contribution in [-0.2, 0) is 32.5 Å². The molecule has 0 aliphatic rings. The fourth-order valence-corrected chi connectivity index (χ4v) is 4.24. The van der Waals surface area contributed by atoms with Gasteiger partial charge in [0.2, 0.25) is 5.91 Å². The first-order chi connectivity index (χ1) is 10.1. The minimum absolute atomic E-state index is 0.0547. The first kappa shape index (κ1) is 19.8. The van der Waals surface area contributed by atoms with E-state index in [4.69, 9.17) is 13.3 Å². The minimum atomic E-state index is -3.86. The predicted molar refractivity (Wildman–Crippen MR) is 78.2 cm³/mol. The van der Waals surface area contributed by atoms with E-state index in [9.17, 15) is 19.2 Å². The van der Waals surface area contributed by atoms with Gasteiger partial charge in [0.15, 0.2) is 0 Å². The molecule has 0 aromatic carbocycles. The third-order valence-corrected chi connectivity index (χ3v) is 5.17. The zero-order valence-electron chi connectivity index (χ0n) is 13.1. The summed E-state index contributed by atoms with van der Waals surface area (Å²) in [6, 6.07) is 0.0906. The fraction of sp³-hybridized carbons (Fsp3) is 0.538. The van der Waals surface area contributed by atoms with Crippen molar-refractivity contribution in [2.45, 2.75) is 33.7 Å². The summed E-state index contributed by atoms with van der Waals surface area (Å²) in [5.74, 6) is -2.94. The van der Waals surface area contributed by atoms with Gasteiger partial charge in [0.05, 0.1) is 6.04 Å². The van der Waals surface area contributed by atoms with Crippen molar-refractivity contribution < 1.29 is 32.5 Å². The number of hydrogen-bond donors (Lipinski definition) is 1. The summed E-state index contributed by atoms with van der Waals surface area (Å²) in [7, 11) is -3.86. The Bertz CT molecular complexity index is 445. The monoisotopic (exact) mass is 331 g/mol. The zero-order chi connectivity index (χ0) is 17.3. The lowest BCUT2D eigenvalue weighted by Gasteiger charge is -2.27. The Balaban J connectivity index is 5.12. The highest BCUT2D eigenvalue weighted by molar-refractivity contribution is 6.65. The van der Waals surface area contributed by atoms with E-state index in [2.05, 4.69) is 11.9 Å². The van der Waals surface area contributed by atoms with E-state index in [-0.39, 0.29) is 12.0 Å². The van der Waals surface area contributed by atoms with Gasteiger partial charge in [-0.15, -0.1) is 0 Å². The Morgan fingerprint density at radius 2 is 1.59 bits per heavy atom. The van der Waals surface area contributed by atoms with Crippen LogP contribution in [0.25, 0.3) is 0 Å². The van der Waals surface area contributed by atoms with Crippen LogP contribution < -0.4 is 5.32 Å². The van der Waals surface area contributed by atoms with Crippen molar-refractivity contribution in [3.8, 4) is 0 Å². The van der Waals surface area contributed by atoms with Gasteiger partial charge >= 0.3 is 14.8 Å². The van der Waals surface area contributed by atoms with Gasteiger partial charge in [-0.2, -0.15) is 0 Å². The van der Waals surface area contributed by atoms with Crippen molar-refractivity contribution in [1.29, 1.82) is 0 Å². The van der Waals surface area contributed by atoms with Crippen LogP contribution in [-0.4, -0.2) is 39.2 Å². The lowest BCUT2D eigenvalue weighted by molar-refractivity contribution is -0.149. The summed E-state index contributed by atoms with van der Waals surface area (Å²) in [6.45, 7) is 8.61. The molecule has 0 saturated carbocycles. The number of carbonyl (C=O) groups is 4. The molecule has 0 aromatic heterocycles. The molecule has 0 aliphatic carbocycles. The minimum Gasteiger partial charge on any atom is -0.455 e. The standard InChI is InChI=1S/C13H21NO7Si/c1-6-12(17)14-7-13(18)21-22(8-9(2)3,19-10(4)15)20-11(5)16/h6,9H,1,7-8H2,2-5H3,(H,14,17). The molecular weight excluding hydrogens is 310 g/mol. The third-order valence-electron chi connectivity index (χ3n) is 2.12. The summed E-state index contributed by atoms with van der Waals surface area (Å²) < 4.78 is 15.2. The van der Waals surface area contributed by atoms with Crippen LogP contribution in [0.5, 0.6) is 0 Å². The smallest absolute Gasteiger partial charge is 0.455 e.